The first kappa shape index (κ1) is 13.0. The smallest absolute Gasteiger partial charge is 0.124 e. The van der Waals surface area contributed by atoms with E-state index < -0.39 is 5.60 Å². The highest BCUT2D eigenvalue weighted by Gasteiger charge is 2.42. The Morgan fingerprint density at radius 2 is 2.05 bits per heavy atom. The second-order valence-corrected chi connectivity index (χ2v) is 6.61. The molecule has 0 aromatic heterocycles. The molecule has 2 saturated carbocycles. The van der Waals surface area contributed by atoms with Crippen LogP contribution in [-0.2, 0) is 5.60 Å². The lowest BCUT2D eigenvalue weighted by Gasteiger charge is -2.32. The summed E-state index contributed by atoms with van der Waals surface area (Å²) >= 11 is 0. The summed E-state index contributed by atoms with van der Waals surface area (Å²) in [6, 6.07) is 7.86. The molecule has 2 fully saturated rings. The van der Waals surface area contributed by atoms with Crippen molar-refractivity contribution in [3.05, 3.63) is 29.8 Å². The van der Waals surface area contributed by atoms with Crippen LogP contribution in [0.1, 0.15) is 44.6 Å². The van der Waals surface area contributed by atoms with Crippen molar-refractivity contribution in [2.24, 2.45) is 17.8 Å². The Balaban J connectivity index is 1.78. The lowest BCUT2D eigenvalue weighted by Crippen LogP contribution is -2.27. The van der Waals surface area contributed by atoms with E-state index in [0.29, 0.717) is 5.92 Å². The molecule has 104 valence electrons. The summed E-state index contributed by atoms with van der Waals surface area (Å²) < 4.78 is 5.40. The fourth-order valence-corrected chi connectivity index (χ4v) is 4.34. The molecule has 2 bridgehead atoms. The average molecular weight is 260 g/mol. The van der Waals surface area contributed by atoms with Gasteiger partial charge in [-0.15, -0.1) is 0 Å². The maximum atomic E-state index is 10.9. The highest BCUT2D eigenvalue weighted by atomic mass is 16.5. The molecule has 2 aliphatic carbocycles. The Kier molecular flexibility index (Phi) is 3.30. The Labute approximate surface area is 115 Å². The summed E-state index contributed by atoms with van der Waals surface area (Å²) in [7, 11) is 1.67. The van der Waals surface area contributed by atoms with Crippen molar-refractivity contribution >= 4 is 0 Å². The fourth-order valence-electron chi connectivity index (χ4n) is 4.34. The molecule has 1 aromatic rings. The van der Waals surface area contributed by atoms with Crippen molar-refractivity contribution in [3.8, 4) is 5.75 Å². The number of benzene rings is 1. The van der Waals surface area contributed by atoms with Crippen molar-refractivity contribution in [1.29, 1.82) is 0 Å². The van der Waals surface area contributed by atoms with Gasteiger partial charge < -0.3 is 9.84 Å². The van der Waals surface area contributed by atoms with Gasteiger partial charge in [0, 0.05) is 5.56 Å². The van der Waals surface area contributed by atoms with Gasteiger partial charge in [0.2, 0.25) is 0 Å². The highest BCUT2D eigenvalue weighted by Crippen LogP contribution is 2.52. The summed E-state index contributed by atoms with van der Waals surface area (Å²) in [5.74, 6) is 3.28. The number of rotatable bonds is 4. The van der Waals surface area contributed by atoms with Gasteiger partial charge in [0.1, 0.15) is 5.75 Å². The van der Waals surface area contributed by atoms with Gasteiger partial charge in [-0.05, 0) is 56.4 Å². The third-order valence-corrected chi connectivity index (χ3v) is 5.23. The van der Waals surface area contributed by atoms with Crippen molar-refractivity contribution < 1.29 is 9.84 Å². The molecule has 1 aromatic carbocycles. The zero-order valence-corrected chi connectivity index (χ0v) is 11.9. The van der Waals surface area contributed by atoms with Gasteiger partial charge in [-0.3, -0.25) is 0 Å². The van der Waals surface area contributed by atoms with Gasteiger partial charge >= 0.3 is 0 Å². The number of methoxy groups -OCH3 is 1. The minimum Gasteiger partial charge on any atom is -0.496 e. The van der Waals surface area contributed by atoms with E-state index in [0.717, 1.165) is 29.6 Å². The molecule has 0 spiro atoms. The van der Waals surface area contributed by atoms with Crippen LogP contribution < -0.4 is 4.74 Å². The topological polar surface area (TPSA) is 29.5 Å². The first-order valence-electron chi connectivity index (χ1n) is 7.46. The molecule has 0 saturated heterocycles. The maximum Gasteiger partial charge on any atom is 0.124 e. The second kappa shape index (κ2) is 4.82. The third-order valence-electron chi connectivity index (χ3n) is 5.23. The Hall–Kier alpha value is -1.02. The van der Waals surface area contributed by atoms with E-state index in [1.807, 2.05) is 31.2 Å². The molecule has 4 unspecified atom stereocenters. The van der Waals surface area contributed by atoms with Crippen LogP contribution in [0.2, 0.25) is 0 Å². The minimum atomic E-state index is -0.776. The summed E-state index contributed by atoms with van der Waals surface area (Å²) in [6.45, 7) is 1.94. The minimum absolute atomic E-state index is 0.693. The normalized spacial score (nSPS) is 32.3. The molecule has 0 radical (unpaired) electrons. The number of hydrogen-bond acceptors (Lipinski definition) is 2. The number of para-hydroxylation sites is 1. The number of ether oxygens (including phenoxy) is 1. The molecule has 2 heteroatoms. The number of aliphatic hydroxyl groups is 1. The molecule has 2 nitrogen and oxygen atoms in total. The van der Waals surface area contributed by atoms with Gasteiger partial charge in [-0.1, -0.05) is 24.6 Å². The van der Waals surface area contributed by atoms with Crippen LogP contribution in [0, 0.1) is 17.8 Å². The predicted octanol–water partition coefficient (Wildman–Crippen LogP) is 3.73. The van der Waals surface area contributed by atoms with Crippen LogP contribution in [-0.4, -0.2) is 12.2 Å². The van der Waals surface area contributed by atoms with Gasteiger partial charge in [-0.25, -0.2) is 0 Å². The first-order chi connectivity index (χ1) is 9.10. The standard InChI is InChI=1S/C17H24O2/c1-17(18,15-5-3-4-6-16(15)19-2)11-14-10-12-7-8-13(14)9-12/h3-6,12-14,18H,7-11H2,1-2H3. The number of fused-ring (bicyclic) bond motifs is 2. The molecule has 0 aliphatic heterocycles. The van der Waals surface area contributed by atoms with E-state index in [1.54, 1.807) is 7.11 Å². The van der Waals surface area contributed by atoms with Gasteiger partial charge in [-0.2, -0.15) is 0 Å². The SMILES string of the molecule is COc1ccccc1C(C)(O)CC1CC2CCC1C2. The van der Waals surface area contributed by atoms with Gasteiger partial charge in [0.15, 0.2) is 0 Å². The molecule has 1 N–H and O–H groups in total. The predicted molar refractivity (Wildman–Crippen MR) is 76.1 cm³/mol. The van der Waals surface area contributed by atoms with E-state index in [-0.39, 0.29) is 0 Å². The molecule has 0 heterocycles. The first-order valence-corrected chi connectivity index (χ1v) is 7.46. The zero-order valence-electron chi connectivity index (χ0n) is 11.9. The molecule has 4 atom stereocenters. The summed E-state index contributed by atoms with van der Waals surface area (Å²) in [5.41, 5.74) is 0.155. The van der Waals surface area contributed by atoms with Gasteiger partial charge in [0.25, 0.3) is 0 Å². The molecular weight excluding hydrogens is 236 g/mol. The fraction of sp³-hybridized carbons (Fsp3) is 0.647. The number of hydrogen-bond donors (Lipinski definition) is 1. The quantitative estimate of drug-likeness (QED) is 0.894. The van der Waals surface area contributed by atoms with Crippen LogP contribution in [0.15, 0.2) is 24.3 Å². The third kappa shape index (κ3) is 2.38. The Morgan fingerprint density at radius 1 is 1.26 bits per heavy atom. The molecule has 3 rings (SSSR count). The van der Waals surface area contributed by atoms with Crippen molar-refractivity contribution in [1.82, 2.24) is 0 Å². The average Bonchev–Trinajstić information content (AvgIpc) is 3.00. The van der Waals surface area contributed by atoms with Crippen molar-refractivity contribution in [2.45, 2.75) is 44.6 Å². The Bertz CT molecular complexity index is 452. The Morgan fingerprint density at radius 3 is 2.68 bits per heavy atom. The lowest BCUT2D eigenvalue weighted by molar-refractivity contribution is 0.0184. The molecule has 0 amide bonds. The van der Waals surface area contributed by atoms with E-state index in [1.165, 1.54) is 25.7 Å². The van der Waals surface area contributed by atoms with Crippen molar-refractivity contribution in [3.63, 3.8) is 0 Å². The van der Waals surface area contributed by atoms with E-state index in [2.05, 4.69) is 0 Å². The highest BCUT2D eigenvalue weighted by molar-refractivity contribution is 5.37. The second-order valence-electron chi connectivity index (χ2n) is 6.61. The summed E-state index contributed by atoms with van der Waals surface area (Å²) in [6.07, 6.45) is 6.37. The van der Waals surface area contributed by atoms with Crippen LogP contribution in [0.5, 0.6) is 5.75 Å². The molecular formula is C17H24O2. The summed E-state index contributed by atoms with van der Waals surface area (Å²) in [5, 5.41) is 10.9. The van der Waals surface area contributed by atoms with Crippen LogP contribution in [0.3, 0.4) is 0 Å². The van der Waals surface area contributed by atoms with E-state index >= 15 is 0 Å². The monoisotopic (exact) mass is 260 g/mol. The maximum absolute atomic E-state index is 10.9. The lowest BCUT2D eigenvalue weighted by atomic mass is 9.78. The van der Waals surface area contributed by atoms with E-state index in [9.17, 15) is 5.11 Å². The van der Waals surface area contributed by atoms with Crippen LogP contribution >= 0.6 is 0 Å². The molecule has 2 aliphatic rings. The zero-order chi connectivity index (χ0) is 13.5. The summed E-state index contributed by atoms with van der Waals surface area (Å²) in [4.78, 5) is 0. The largest absolute Gasteiger partial charge is 0.496 e. The van der Waals surface area contributed by atoms with E-state index in [4.69, 9.17) is 4.74 Å². The van der Waals surface area contributed by atoms with Gasteiger partial charge in [0.05, 0.1) is 12.7 Å². The van der Waals surface area contributed by atoms with Crippen LogP contribution in [0.4, 0.5) is 0 Å². The van der Waals surface area contributed by atoms with Crippen molar-refractivity contribution in [2.75, 3.05) is 7.11 Å². The molecule has 19 heavy (non-hydrogen) atoms. The van der Waals surface area contributed by atoms with Crippen LogP contribution in [0.25, 0.3) is 0 Å².